The van der Waals surface area contributed by atoms with E-state index in [1.54, 1.807) is 0 Å². The molecule has 1 aliphatic rings. The number of likely N-dealkylation sites (tertiary alicyclic amines) is 1. The van der Waals surface area contributed by atoms with Crippen LogP contribution in [0.5, 0.6) is 0 Å². The van der Waals surface area contributed by atoms with E-state index in [9.17, 15) is 0 Å². The standard InChI is InChI=1S/C12H26N2O/c1-3-11-10-14(7-8-15-4-2)6-5-12(11)9-13/h11-12H,3-10,13H2,1-2H3. The molecule has 3 heteroatoms. The molecular weight excluding hydrogens is 188 g/mol. The predicted molar refractivity (Wildman–Crippen MR) is 63.9 cm³/mol. The molecule has 1 fully saturated rings. The highest BCUT2D eigenvalue weighted by Crippen LogP contribution is 2.24. The van der Waals surface area contributed by atoms with Crippen LogP contribution in [0.3, 0.4) is 0 Å². The normalized spacial score (nSPS) is 28.2. The van der Waals surface area contributed by atoms with Crippen molar-refractivity contribution in [3.05, 3.63) is 0 Å². The van der Waals surface area contributed by atoms with Gasteiger partial charge < -0.3 is 15.4 Å². The van der Waals surface area contributed by atoms with Crippen molar-refractivity contribution >= 4 is 0 Å². The van der Waals surface area contributed by atoms with Crippen molar-refractivity contribution in [2.24, 2.45) is 17.6 Å². The van der Waals surface area contributed by atoms with Crippen LogP contribution >= 0.6 is 0 Å². The van der Waals surface area contributed by atoms with Gasteiger partial charge in [-0.1, -0.05) is 13.3 Å². The van der Waals surface area contributed by atoms with Crippen LogP contribution in [0.2, 0.25) is 0 Å². The average Bonchev–Trinajstić information content (AvgIpc) is 2.29. The van der Waals surface area contributed by atoms with Crippen LogP contribution in [0, 0.1) is 11.8 Å². The van der Waals surface area contributed by atoms with E-state index in [0.717, 1.165) is 38.1 Å². The molecule has 3 nitrogen and oxygen atoms in total. The maximum Gasteiger partial charge on any atom is 0.0593 e. The van der Waals surface area contributed by atoms with Crippen molar-refractivity contribution in [2.75, 3.05) is 39.4 Å². The summed E-state index contributed by atoms with van der Waals surface area (Å²) in [6.45, 7) is 10.4. The number of nitrogens with zero attached hydrogens (tertiary/aromatic N) is 1. The monoisotopic (exact) mass is 214 g/mol. The SMILES string of the molecule is CCOCCN1CCC(CN)C(CC)C1. The highest BCUT2D eigenvalue weighted by atomic mass is 16.5. The van der Waals surface area contributed by atoms with Crippen molar-refractivity contribution < 1.29 is 4.74 Å². The van der Waals surface area contributed by atoms with E-state index < -0.39 is 0 Å². The summed E-state index contributed by atoms with van der Waals surface area (Å²) in [6, 6.07) is 0. The molecule has 2 unspecified atom stereocenters. The molecule has 1 aliphatic heterocycles. The van der Waals surface area contributed by atoms with Crippen LogP contribution in [0.25, 0.3) is 0 Å². The Morgan fingerprint density at radius 3 is 2.73 bits per heavy atom. The van der Waals surface area contributed by atoms with Crippen molar-refractivity contribution in [3.8, 4) is 0 Å². The van der Waals surface area contributed by atoms with Crippen molar-refractivity contribution in [3.63, 3.8) is 0 Å². The smallest absolute Gasteiger partial charge is 0.0593 e. The third-order valence-electron chi connectivity index (χ3n) is 3.56. The highest BCUT2D eigenvalue weighted by molar-refractivity contribution is 4.80. The first-order valence-electron chi connectivity index (χ1n) is 6.31. The number of hydrogen-bond acceptors (Lipinski definition) is 3. The van der Waals surface area contributed by atoms with Crippen LogP contribution in [-0.4, -0.2) is 44.3 Å². The van der Waals surface area contributed by atoms with Gasteiger partial charge in [0, 0.05) is 19.7 Å². The Hall–Kier alpha value is -0.120. The molecule has 1 saturated heterocycles. The molecule has 0 bridgehead atoms. The molecule has 90 valence electrons. The Labute approximate surface area is 94.0 Å². The summed E-state index contributed by atoms with van der Waals surface area (Å²) in [7, 11) is 0. The topological polar surface area (TPSA) is 38.5 Å². The van der Waals surface area contributed by atoms with Gasteiger partial charge in [0.15, 0.2) is 0 Å². The van der Waals surface area contributed by atoms with E-state index in [1.165, 1.54) is 25.9 Å². The summed E-state index contributed by atoms with van der Waals surface area (Å²) in [4.78, 5) is 2.52. The second-order valence-corrected chi connectivity index (χ2v) is 4.45. The zero-order chi connectivity index (χ0) is 11.1. The van der Waals surface area contributed by atoms with Gasteiger partial charge in [-0.3, -0.25) is 0 Å². The predicted octanol–water partition coefficient (Wildman–Crippen LogP) is 1.33. The summed E-state index contributed by atoms with van der Waals surface area (Å²) in [6.07, 6.45) is 2.52. The largest absolute Gasteiger partial charge is 0.380 e. The number of hydrogen-bond donors (Lipinski definition) is 1. The van der Waals surface area contributed by atoms with E-state index in [4.69, 9.17) is 10.5 Å². The first-order valence-corrected chi connectivity index (χ1v) is 6.31. The average molecular weight is 214 g/mol. The van der Waals surface area contributed by atoms with E-state index >= 15 is 0 Å². The Morgan fingerprint density at radius 1 is 1.33 bits per heavy atom. The zero-order valence-corrected chi connectivity index (χ0v) is 10.2. The molecule has 2 N–H and O–H groups in total. The zero-order valence-electron chi connectivity index (χ0n) is 10.2. The molecule has 0 amide bonds. The highest BCUT2D eigenvalue weighted by Gasteiger charge is 2.26. The van der Waals surface area contributed by atoms with Gasteiger partial charge in [0.1, 0.15) is 0 Å². The minimum atomic E-state index is 0.748. The summed E-state index contributed by atoms with van der Waals surface area (Å²) in [5, 5.41) is 0. The first-order chi connectivity index (χ1) is 7.31. The molecule has 0 aromatic rings. The summed E-state index contributed by atoms with van der Waals surface area (Å²) in [5.41, 5.74) is 5.79. The van der Waals surface area contributed by atoms with Crippen LogP contribution < -0.4 is 5.73 Å². The van der Waals surface area contributed by atoms with Gasteiger partial charge in [0.05, 0.1) is 6.61 Å². The van der Waals surface area contributed by atoms with Gasteiger partial charge in [0.25, 0.3) is 0 Å². The molecule has 0 aliphatic carbocycles. The van der Waals surface area contributed by atoms with Crippen molar-refractivity contribution in [1.82, 2.24) is 4.90 Å². The van der Waals surface area contributed by atoms with Crippen LogP contribution in [0.4, 0.5) is 0 Å². The summed E-state index contributed by atoms with van der Waals surface area (Å²) < 4.78 is 5.39. The number of rotatable bonds is 6. The third-order valence-corrected chi connectivity index (χ3v) is 3.56. The van der Waals surface area contributed by atoms with Crippen molar-refractivity contribution in [1.29, 1.82) is 0 Å². The van der Waals surface area contributed by atoms with Gasteiger partial charge in [-0.25, -0.2) is 0 Å². The van der Waals surface area contributed by atoms with Crippen LogP contribution in [0.15, 0.2) is 0 Å². The Bertz CT molecular complexity index is 162. The van der Waals surface area contributed by atoms with Gasteiger partial charge in [-0.2, -0.15) is 0 Å². The molecule has 0 radical (unpaired) electrons. The van der Waals surface area contributed by atoms with Gasteiger partial charge >= 0.3 is 0 Å². The molecular formula is C12H26N2O. The van der Waals surface area contributed by atoms with Crippen LogP contribution in [0.1, 0.15) is 26.7 Å². The summed E-state index contributed by atoms with van der Waals surface area (Å²) >= 11 is 0. The lowest BCUT2D eigenvalue weighted by molar-refractivity contribution is 0.0718. The van der Waals surface area contributed by atoms with Crippen LogP contribution in [-0.2, 0) is 4.74 Å². The molecule has 0 aromatic carbocycles. The van der Waals surface area contributed by atoms with Crippen molar-refractivity contribution in [2.45, 2.75) is 26.7 Å². The van der Waals surface area contributed by atoms with E-state index in [-0.39, 0.29) is 0 Å². The number of piperidine rings is 1. The van der Waals surface area contributed by atoms with Gasteiger partial charge in [-0.05, 0) is 38.3 Å². The third kappa shape index (κ3) is 4.09. The Morgan fingerprint density at radius 2 is 2.13 bits per heavy atom. The maximum atomic E-state index is 5.79. The molecule has 1 rings (SSSR count). The van der Waals surface area contributed by atoms with E-state index in [2.05, 4.69) is 18.7 Å². The molecule has 0 saturated carbocycles. The fraction of sp³-hybridized carbons (Fsp3) is 1.00. The molecule has 15 heavy (non-hydrogen) atoms. The molecule has 0 aromatic heterocycles. The van der Waals surface area contributed by atoms with E-state index in [1.807, 2.05) is 0 Å². The fourth-order valence-electron chi connectivity index (χ4n) is 2.47. The second-order valence-electron chi connectivity index (χ2n) is 4.45. The number of ether oxygens (including phenoxy) is 1. The second kappa shape index (κ2) is 7.20. The fourth-order valence-corrected chi connectivity index (χ4v) is 2.47. The Kier molecular flexibility index (Phi) is 6.22. The molecule has 0 spiro atoms. The Balaban J connectivity index is 2.26. The molecule has 2 atom stereocenters. The van der Waals surface area contributed by atoms with Gasteiger partial charge in [0.2, 0.25) is 0 Å². The number of nitrogens with two attached hydrogens (primary N) is 1. The van der Waals surface area contributed by atoms with E-state index in [0.29, 0.717) is 0 Å². The minimum Gasteiger partial charge on any atom is -0.380 e. The lowest BCUT2D eigenvalue weighted by atomic mass is 9.84. The lowest BCUT2D eigenvalue weighted by Gasteiger charge is -2.37. The quantitative estimate of drug-likeness (QED) is 0.678. The molecule has 1 heterocycles. The lowest BCUT2D eigenvalue weighted by Crippen LogP contribution is -2.43. The first kappa shape index (κ1) is 12.9. The maximum absolute atomic E-state index is 5.79. The summed E-state index contributed by atoms with van der Waals surface area (Å²) in [5.74, 6) is 1.55. The van der Waals surface area contributed by atoms with Gasteiger partial charge in [-0.15, -0.1) is 0 Å². The minimum absolute atomic E-state index is 0.748.